The third kappa shape index (κ3) is 4.27. The Kier molecular flexibility index (Phi) is 5.90. The van der Waals surface area contributed by atoms with Gasteiger partial charge in [-0.1, -0.05) is 0 Å². The Labute approximate surface area is 131 Å². The maximum Gasteiger partial charge on any atom is 0.203 e. The van der Waals surface area contributed by atoms with Crippen LogP contribution in [-0.2, 0) is 18.9 Å². The Morgan fingerprint density at radius 3 is 2.05 bits per heavy atom. The zero-order valence-electron chi connectivity index (χ0n) is 13.4. The molecule has 1 aromatic rings. The third-order valence-corrected chi connectivity index (χ3v) is 3.37. The molecule has 0 aliphatic carbocycles. The summed E-state index contributed by atoms with van der Waals surface area (Å²) < 4.78 is 27.3. The molecule has 0 saturated carbocycles. The molecular formula is C16H23NO5. The van der Waals surface area contributed by atoms with Crippen LogP contribution in [0.1, 0.15) is 6.92 Å². The summed E-state index contributed by atoms with van der Waals surface area (Å²) in [5.74, 6) is -0.106. The molecule has 1 heterocycles. The van der Waals surface area contributed by atoms with Crippen molar-refractivity contribution in [2.24, 2.45) is 4.99 Å². The van der Waals surface area contributed by atoms with E-state index in [1.54, 1.807) is 27.5 Å². The number of aliphatic imine (C=N–C) groups is 1. The number of benzene rings is 1. The molecule has 0 amide bonds. The summed E-state index contributed by atoms with van der Waals surface area (Å²) >= 11 is 0. The normalized spacial score (nSPS) is 24.0. The molecule has 2 atom stereocenters. The lowest BCUT2D eigenvalue weighted by atomic mass is 10.2. The van der Waals surface area contributed by atoms with Gasteiger partial charge in [0.2, 0.25) is 5.79 Å². The molecule has 0 aromatic heterocycles. The van der Waals surface area contributed by atoms with Crippen LogP contribution in [0.3, 0.4) is 0 Å². The number of ether oxygens (including phenoxy) is 5. The minimum absolute atomic E-state index is 0.183. The first-order valence-corrected chi connectivity index (χ1v) is 7.13. The number of nitrogens with zero attached hydrogens (tertiary/aromatic N) is 1. The Morgan fingerprint density at radius 1 is 1.05 bits per heavy atom. The highest BCUT2D eigenvalue weighted by Gasteiger charge is 2.43. The minimum atomic E-state index is -0.897. The maximum atomic E-state index is 5.92. The lowest BCUT2D eigenvalue weighted by molar-refractivity contribution is -0.109. The first-order chi connectivity index (χ1) is 10.6. The van der Waals surface area contributed by atoms with Gasteiger partial charge in [-0.25, -0.2) is 0 Å². The van der Waals surface area contributed by atoms with E-state index in [4.69, 9.17) is 23.7 Å². The number of hydrogen-bond donors (Lipinski definition) is 0. The summed E-state index contributed by atoms with van der Waals surface area (Å²) in [6, 6.07) is 7.44. The third-order valence-electron chi connectivity index (χ3n) is 3.37. The van der Waals surface area contributed by atoms with Crippen molar-refractivity contribution < 1.29 is 23.7 Å². The second kappa shape index (κ2) is 7.69. The van der Waals surface area contributed by atoms with Crippen LogP contribution in [0.5, 0.6) is 5.75 Å². The van der Waals surface area contributed by atoms with Crippen LogP contribution < -0.4 is 4.74 Å². The van der Waals surface area contributed by atoms with Crippen molar-refractivity contribution in [3.05, 3.63) is 24.3 Å². The predicted molar refractivity (Wildman–Crippen MR) is 83.0 cm³/mol. The first kappa shape index (κ1) is 16.9. The van der Waals surface area contributed by atoms with Gasteiger partial charge in [-0.05, 0) is 31.2 Å². The van der Waals surface area contributed by atoms with Gasteiger partial charge in [-0.3, -0.25) is 4.99 Å². The molecule has 22 heavy (non-hydrogen) atoms. The van der Waals surface area contributed by atoms with E-state index in [0.717, 1.165) is 11.4 Å². The number of rotatable bonds is 7. The molecule has 1 fully saturated rings. The van der Waals surface area contributed by atoms with Gasteiger partial charge in [0.15, 0.2) is 0 Å². The average molecular weight is 309 g/mol. The number of methoxy groups -OCH3 is 3. The molecule has 0 radical (unpaired) electrons. The standard InChI is InChI=1S/C16H23NO5/c1-16(11-17-12-5-7-13(20-4)8-6-12)21-14(9-18-2)15(22-16)10-19-3/h5-8,11,14-15H,9-10H2,1-4H3/t14-,15-/m0/s1. The van der Waals surface area contributed by atoms with Gasteiger partial charge in [0.25, 0.3) is 0 Å². The van der Waals surface area contributed by atoms with E-state index in [-0.39, 0.29) is 12.2 Å². The lowest BCUT2D eigenvalue weighted by Gasteiger charge is -2.17. The molecule has 1 aliphatic heterocycles. The topological polar surface area (TPSA) is 58.5 Å². The molecule has 0 bridgehead atoms. The lowest BCUT2D eigenvalue weighted by Crippen LogP contribution is -2.30. The van der Waals surface area contributed by atoms with Crippen LogP contribution >= 0.6 is 0 Å². The summed E-state index contributed by atoms with van der Waals surface area (Å²) in [6.07, 6.45) is 1.29. The molecule has 6 nitrogen and oxygen atoms in total. The minimum Gasteiger partial charge on any atom is -0.497 e. The van der Waals surface area contributed by atoms with Crippen LogP contribution in [0.2, 0.25) is 0 Å². The highest BCUT2D eigenvalue weighted by Crippen LogP contribution is 2.29. The van der Waals surface area contributed by atoms with Gasteiger partial charge in [0, 0.05) is 14.2 Å². The van der Waals surface area contributed by atoms with Crippen LogP contribution in [-0.4, -0.2) is 58.8 Å². The molecule has 122 valence electrons. The van der Waals surface area contributed by atoms with Crippen molar-refractivity contribution in [1.29, 1.82) is 0 Å². The summed E-state index contributed by atoms with van der Waals surface area (Å²) in [7, 11) is 4.90. The van der Waals surface area contributed by atoms with Crippen molar-refractivity contribution >= 4 is 11.9 Å². The highest BCUT2D eigenvalue weighted by molar-refractivity contribution is 5.70. The molecule has 0 unspecified atom stereocenters. The quantitative estimate of drug-likeness (QED) is 0.723. The maximum absolute atomic E-state index is 5.92. The van der Waals surface area contributed by atoms with Crippen LogP contribution in [0.15, 0.2) is 29.3 Å². The Balaban J connectivity index is 2.04. The summed E-state index contributed by atoms with van der Waals surface area (Å²) in [4.78, 5) is 4.41. The second-order valence-electron chi connectivity index (χ2n) is 5.20. The van der Waals surface area contributed by atoms with Crippen molar-refractivity contribution in [3.8, 4) is 5.75 Å². The van der Waals surface area contributed by atoms with Crippen LogP contribution in [0.4, 0.5) is 5.69 Å². The van der Waals surface area contributed by atoms with Crippen LogP contribution in [0.25, 0.3) is 0 Å². The molecule has 2 rings (SSSR count). The molecular weight excluding hydrogens is 286 g/mol. The zero-order chi connectivity index (χ0) is 16.0. The fraction of sp³-hybridized carbons (Fsp3) is 0.562. The van der Waals surface area contributed by atoms with Crippen molar-refractivity contribution in [3.63, 3.8) is 0 Å². The van der Waals surface area contributed by atoms with Gasteiger partial charge in [0.05, 0.1) is 32.2 Å². The van der Waals surface area contributed by atoms with E-state index in [1.807, 2.05) is 31.2 Å². The van der Waals surface area contributed by atoms with E-state index in [2.05, 4.69) is 4.99 Å². The second-order valence-corrected chi connectivity index (χ2v) is 5.20. The molecule has 1 saturated heterocycles. The number of hydrogen-bond acceptors (Lipinski definition) is 6. The van der Waals surface area contributed by atoms with Crippen LogP contribution in [0, 0.1) is 0 Å². The smallest absolute Gasteiger partial charge is 0.203 e. The fourth-order valence-corrected chi connectivity index (χ4v) is 2.31. The average Bonchev–Trinajstić information content (AvgIpc) is 2.83. The molecule has 1 aliphatic rings. The van der Waals surface area contributed by atoms with Gasteiger partial charge >= 0.3 is 0 Å². The van der Waals surface area contributed by atoms with Gasteiger partial charge in [-0.15, -0.1) is 0 Å². The fourth-order valence-electron chi connectivity index (χ4n) is 2.31. The van der Waals surface area contributed by atoms with E-state index in [1.165, 1.54) is 0 Å². The Bertz CT molecular complexity index is 474. The zero-order valence-corrected chi connectivity index (χ0v) is 13.4. The van der Waals surface area contributed by atoms with E-state index >= 15 is 0 Å². The molecule has 0 N–H and O–H groups in total. The highest BCUT2D eigenvalue weighted by atomic mass is 16.8. The Hall–Kier alpha value is -1.47. The summed E-state index contributed by atoms with van der Waals surface area (Å²) in [5.41, 5.74) is 0.799. The van der Waals surface area contributed by atoms with Crippen molar-refractivity contribution in [2.75, 3.05) is 34.5 Å². The monoisotopic (exact) mass is 309 g/mol. The predicted octanol–water partition coefficient (Wildman–Crippen LogP) is 2.19. The largest absolute Gasteiger partial charge is 0.497 e. The molecule has 0 spiro atoms. The Morgan fingerprint density at radius 2 is 1.59 bits per heavy atom. The van der Waals surface area contributed by atoms with E-state index in [0.29, 0.717) is 13.2 Å². The summed E-state index contributed by atoms with van der Waals surface area (Å²) in [6.45, 7) is 2.72. The van der Waals surface area contributed by atoms with Crippen molar-refractivity contribution in [2.45, 2.75) is 24.9 Å². The molecule has 1 aromatic carbocycles. The van der Waals surface area contributed by atoms with E-state index < -0.39 is 5.79 Å². The van der Waals surface area contributed by atoms with Gasteiger partial charge < -0.3 is 23.7 Å². The van der Waals surface area contributed by atoms with Crippen molar-refractivity contribution in [1.82, 2.24) is 0 Å². The first-order valence-electron chi connectivity index (χ1n) is 7.13. The summed E-state index contributed by atoms with van der Waals surface area (Å²) in [5, 5.41) is 0. The van der Waals surface area contributed by atoms with Gasteiger partial charge in [-0.2, -0.15) is 0 Å². The SMILES string of the molecule is COC[C@@H]1OC(C)(C=Nc2ccc(OC)cc2)O[C@H]1COC. The van der Waals surface area contributed by atoms with Gasteiger partial charge in [0.1, 0.15) is 18.0 Å². The molecule has 6 heteroatoms. The van der Waals surface area contributed by atoms with E-state index in [9.17, 15) is 0 Å².